The largest absolute Gasteiger partial charge is 0.490 e. The highest BCUT2D eigenvalue weighted by molar-refractivity contribution is 6.37. The number of benzene rings is 1. The fourth-order valence-corrected chi connectivity index (χ4v) is 2.79. The van der Waals surface area contributed by atoms with E-state index in [0.717, 1.165) is 19.3 Å². The molecule has 0 unspecified atom stereocenters. The van der Waals surface area contributed by atoms with Crippen LogP contribution in [0.15, 0.2) is 12.1 Å². The maximum atomic E-state index is 12.2. The summed E-state index contributed by atoms with van der Waals surface area (Å²) < 4.78 is 10.5. The van der Waals surface area contributed by atoms with E-state index in [1.54, 1.807) is 19.1 Å². The average Bonchev–Trinajstić information content (AvgIpc) is 2.51. The Morgan fingerprint density at radius 1 is 1.08 bits per heavy atom. The molecule has 1 amide bonds. The molecule has 1 aromatic carbocycles. The monoisotopic (exact) mass is 403 g/mol. The van der Waals surface area contributed by atoms with Gasteiger partial charge in [0.05, 0.1) is 23.3 Å². The molecule has 0 atom stereocenters. The first-order valence-corrected chi connectivity index (χ1v) is 9.49. The number of nitrogens with one attached hydrogen (secondary N) is 1. The minimum atomic E-state index is -0.352. The summed E-state index contributed by atoms with van der Waals surface area (Å²) in [6.45, 7) is 8.31. The zero-order valence-corrected chi connectivity index (χ0v) is 17.3. The third kappa shape index (κ3) is 8.28. The summed E-state index contributed by atoms with van der Waals surface area (Å²) in [5.41, 5.74) is 0.0334. The van der Waals surface area contributed by atoms with Gasteiger partial charge in [-0.1, -0.05) is 23.2 Å². The third-order valence-electron chi connectivity index (χ3n) is 3.33. The van der Waals surface area contributed by atoms with Gasteiger partial charge in [0.2, 0.25) is 0 Å². The van der Waals surface area contributed by atoms with Gasteiger partial charge in [-0.2, -0.15) is 0 Å². The number of esters is 1. The van der Waals surface area contributed by atoms with E-state index >= 15 is 0 Å². The van der Waals surface area contributed by atoms with E-state index in [2.05, 4.69) is 5.32 Å². The number of carbonyl (C=O) groups excluding carboxylic acids is 2. The Hall–Kier alpha value is -1.46. The Bertz CT molecular complexity index is 603. The van der Waals surface area contributed by atoms with Gasteiger partial charge in [-0.25, -0.2) is 0 Å². The number of halogens is 2. The standard InChI is InChI=1S/C19H27Cl2NO4/c1-5-25-16(23)9-7-6-8-10-26-17-14(20)11-13(12-15(17)21)18(24)22-19(2,3)4/h11-12H,5-10H2,1-4H3,(H,22,24). The molecule has 5 nitrogen and oxygen atoms in total. The van der Waals surface area contributed by atoms with Crippen molar-refractivity contribution in [1.29, 1.82) is 0 Å². The first-order valence-electron chi connectivity index (χ1n) is 8.74. The van der Waals surface area contributed by atoms with E-state index in [1.165, 1.54) is 0 Å². The summed E-state index contributed by atoms with van der Waals surface area (Å²) in [6.07, 6.45) is 2.75. The van der Waals surface area contributed by atoms with Crippen LogP contribution < -0.4 is 10.1 Å². The van der Waals surface area contributed by atoms with E-state index in [9.17, 15) is 9.59 Å². The van der Waals surface area contributed by atoms with Crippen LogP contribution in [-0.2, 0) is 9.53 Å². The van der Waals surface area contributed by atoms with Gasteiger partial charge in [-0.05, 0) is 59.1 Å². The van der Waals surface area contributed by atoms with Crippen molar-refractivity contribution in [2.24, 2.45) is 0 Å². The summed E-state index contributed by atoms with van der Waals surface area (Å²) >= 11 is 12.4. The predicted octanol–water partition coefficient (Wildman–Crippen LogP) is 5.02. The van der Waals surface area contributed by atoms with Crippen LogP contribution in [-0.4, -0.2) is 30.6 Å². The highest BCUT2D eigenvalue weighted by Gasteiger charge is 2.18. The Morgan fingerprint density at radius 3 is 2.23 bits per heavy atom. The van der Waals surface area contributed by atoms with E-state index in [1.807, 2.05) is 20.8 Å². The fourth-order valence-electron chi connectivity index (χ4n) is 2.20. The second-order valence-corrected chi connectivity index (χ2v) is 7.75. The molecule has 0 bridgehead atoms. The van der Waals surface area contributed by atoms with Gasteiger partial charge in [0.1, 0.15) is 0 Å². The topological polar surface area (TPSA) is 64.6 Å². The first-order chi connectivity index (χ1) is 12.1. The summed E-state index contributed by atoms with van der Waals surface area (Å²) in [4.78, 5) is 23.4. The zero-order chi connectivity index (χ0) is 19.7. The Labute approximate surface area is 165 Å². The summed E-state index contributed by atoms with van der Waals surface area (Å²) in [5, 5.41) is 3.45. The molecule has 0 aliphatic heterocycles. The minimum absolute atomic E-state index is 0.177. The van der Waals surface area contributed by atoms with E-state index in [-0.39, 0.29) is 17.4 Å². The highest BCUT2D eigenvalue weighted by Crippen LogP contribution is 2.34. The average molecular weight is 404 g/mol. The lowest BCUT2D eigenvalue weighted by molar-refractivity contribution is -0.143. The van der Waals surface area contributed by atoms with Crippen molar-refractivity contribution in [3.05, 3.63) is 27.7 Å². The molecule has 0 saturated heterocycles. The molecule has 7 heteroatoms. The molecule has 0 saturated carbocycles. The molecule has 0 aliphatic rings. The van der Waals surface area contributed by atoms with Gasteiger partial charge in [0.15, 0.2) is 5.75 Å². The molecular weight excluding hydrogens is 377 g/mol. The van der Waals surface area contributed by atoms with Crippen LogP contribution in [0.1, 0.15) is 63.7 Å². The molecule has 0 aromatic heterocycles. The van der Waals surface area contributed by atoms with Crippen molar-refractivity contribution in [3.63, 3.8) is 0 Å². The molecule has 1 aromatic rings. The molecule has 146 valence electrons. The van der Waals surface area contributed by atoms with Gasteiger partial charge < -0.3 is 14.8 Å². The number of rotatable bonds is 9. The number of amides is 1. The van der Waals surface area contributed by atoms with Crippen molar-refractivity contribution in [3.8, 4) is 5.75 Å². The van der Waals surface area contributed by atoms with Crippen LogP contribution in [0.4, 0.5) is 0 Å². The van der Waals surface area contributed by atoms with Crippen LogP contribution in [0.3, 0.4) is 0 Å². The third-order valence-corrected chi connectivity index (χ3v) is 3.89. The Morgan fingerprint density at radius 2 is 1.69 bits per heavy atom. The lowest BCUT2D eigenvalue weighted by Crippen LogP contribution is -2.40. The van der Waals surface area contributed by atoms with Crippen LogP contribution in [0.25, 0.3) is 0 Å². The van der Waals surface area contributed by atoms with Crippen LogP contribution in [0.2, 0.25) is 10.0 Å². The van der Waals surface area contributed by atoms with Crippen LogP contribution in [0, 0.1) is 0 Å². The van der Waals surface area contributed by atoms with Gasteiger partial charge in [0, 0.05) is 17.5 Å². The van der Waals surface area contributed by atoms with Crippen molar-refractivity contribution in [1.82, 2.24) is 5.32 Å². The molecule has 0 radical (unpaired) electrons. The highest BCUT2D eigenvalue weighted by atomic mass is 35.5. The van der Waals surface area contributed by atoms with E-state index in [0.29, 0.717) is 41.0 Å². The first kappa shape index (κ1) is 22.6. The lowest BCUT2D eigenvalue weighted by atomic mass is 10.1. The Kier molecular flexibility index (Phi) is 9.23. The number of hydrogen-bond acceptors (Lipinski definition) is 4. The Balaban J connectivity index is 2.51. The molecule has 1 N–H and O–H groups in total. The second-order valence-electron chi connectivity index (χ2n) is 6.94. The second kappa shape index (κ2) is 10.6. The van der Waals surface area contributed by atoms with E-state index < -0.39 is 0 Å². The van der Waals surface area contributed by atoms with Crippen molar-refractivity contribution < 1.29 is 19.1 Å². The molecule has 0 fully saturated rings. The smallest absolute Gasteiger partial charge is 0.305 e. The van der Waals surface area contributed by atoms with Crippen molar-refractivity contribution in [2.45, 2.75) is 58.9 Å². The predicted molar refractivity (Wildman–Crippen MR) is 104 cm³/mol. The molecule has 0 aliphatic carbocycles. The summed E-state index contributed by atoms with van der Waals surface area (Å²) in [6, 6.07) is 3.09. The lowest BCUT2D eigenvalue weighted by Gasteiger charge is -2.21. The summed E-state index contributed by atoms with van der Waals surface area (Å²) in [5.74, 6) is -0.0542. The number of ether oxygens (including phenoxy) is 2. The molecule has 0 spiro atoms. The van der Waals surface area contributed by atoms with Gasteiger partial charge in [0.25, 0.3) is 5.91 Å². The quantitative estimate of drug-likeness (QED) is 0.464. The van der Waals surface area contributed by atoms with Gasteiger partial charge in [-0.15, -0.1) is 0 Å². The molecule has 1 rings (SSSR count). The molecule has 26 heavy (non-hydrogen) atoms. The normalized spacial score (nSPS) is 11.2. The SMILES string of the molecule is CCOC(=O)CCCCCOc1c(Cl)cc(C(=O)NC(C)(C)C)cc1Cl. The minimum Gasteiger partial charge on any atom is -0.490 e. The van der Waals surface area contributed by atoms with Crippen LogP contribution in [0.5, 0.6) is 5.75 Å². The molecule has 0 heterocycles. The maximum Gasteiger partial charge on any atom is 0.305 e. The number of unbranched alkanes of at least 4 members (excludes halogenated alkanes) is 2. The summed E-state index contributed by atoms with van der Waals surface area (Å²) in [7, 11) is 0. The van der Waals surface area contributed by atoms with Crippen molar-refractivity contribution >= 4 is 35.1 Å². The van der Waals surface area contributed by atoms with E-state index in [4.69, 9.17) is 32.7 Å². The van der Waals surface area contributed by atoms with Gasteiger partial charge in [-0.3, -0.25) is 9.59 Å². The van der Waals surface area contributed by atoms with Gasteiger partial charge >= 0.3 is 5.97 Å². The van der Waals surface area contributed by atoms with Crippen molar-refractivity contribution in [2.75, 3.05) is 13.2 Å². The maximum absolute atomic E-state index is 12.2. The fraction of sp³-hybridized carbons (Fsp3) is 0.579. The zero-order valence-electron chi connectivity index (χ0n) is 15.8. The van der Waals surface area contributed by atoms with Crippen LogP contribution >= 0.6 is 23.2 Å². The number of carbonyl (C=O) groups is 2. The molecular formula is C19H27Cl2NO4. The number of hydrogen-bond donors (Lipinski definition) is 1.